The van der Waals surface area contributed by atoms with Crippen molar-refractivity contribution in [3.63, 3.8) is 0 Å². The number of nitrogens with one attached hydrogen (secondary N) is 2. The summed E-state index contributed by atoms with van der Waals surface area (Å²) in [5, 5.41) is 10.2. The van der Waals surface area contributed by atoms with Gasteiger partial charge in [0.15, 0.2) is 0 Å². The molecule has 0 aliphatic heterocycles. The van der Waals surface area contributed by atoms with Gasteiger partial charge in [-0.1, -0.05) is 0 Å². The Morgan fingerprint density at radius 2 is 2.32 bits per heavy atom. The van der Waals surface area contributed by atoms with Crippen LogP contribution in [0.1, 0.15) is 22.8 Å². The Hall–Kier alpha value is -1.88. The third kappa shape index (κ3) is 3.79. The van der Waals surface area contributed by atoms with Gasteiger partial charge in [0.1, 0.15) is 5.82 Å². The first kappa shape index (κ1) is 13.5. The first-order chi connectivity index (χ1) is 9.31. The van der Waals surface area contributed by atoms with E-state index in [9.17, 15) is 4.79 Å². The van der Waals surface area contributed by atoms with Gasteiger partial charge in [0.05, 0.1) is 5.56 Å². The molecule has 19 heavy (non-hydrogen) atoms. The molecular weight excluding hydrogens is 258 g/mol. The zero-order valence-corrected chi connectivity index (χ0v) is 11.7. The van der Waals surface area contributed by atoms with Crippen LogP contribution in [0.5, 0.6) is 0 Å². The van der Waals surface area contributed by atoms with E-state index < -0.39 is 0 Å². The third-order valence-corrected chi connectivity index (χ3v) is 3.41. The summed E-state index contributed by atoms with van der Waals surface area (Å²) in [6, 6.07) is 5.63. The summed E-state index contributed by atoms with van der Waals surface area (Å²) < 4.78 is 0. The van der Waals surface area contributed by atoms with E-state index in [1.165, 1.54) is 5.56 Å². The average molecular weight is 275 g/mol. The molecule has 0 saturated carbocycles. The Bertz CT molecular complexity index is 525. The van der Waals surface area contributed by atoms with E-state index in [4.69, 9.17) is 0 Å². The lowest BCUT2D eigenvalue weighted by Crippen LogP contribution is -2.26. The van der Waals surface area contributed by atoms with Crippen LogP contribution < -0.4 is 10.6 Å². The maximum absolute atomic E-state index is 12.1. The first-order valence-electron chi connectivity index (χ1n) is 6.29. The SMILES string of the molecule is CCNc1ncccc1C(=O)NCCc1ccsc1. The number of nitrogens with zero attached hydrogens (tertiary/aromatic N) is 1. The number of carbonyl (C=O) groups excluding carboxylic acids is 1. The van der Waals surface area contributed by atoms with Gasteiger partial charge in [-0.25, -0.2) is 4.98 Å². The first-order valence-corrected chi connectivity index (χ1v) is 7.23. The predicted molar refractivity (Wildman–Crippen MR) is 78.8 cm³/mol. The minimum absolute atomic E-state index is 0.0840. The van der Waals surface area contributed by atoms with Crippen molar-refractivity contribution in [1.29, 1.82) is 0 Å². The third-order valence-electron chi connectivity index (χ3n) is 2.68. The molecule has 0 bridgehead atoms. The molecule has 5 heteroatoms. The average Bonchev–Trinajstić information content (AvgIpc) is 2.93. The smallest absolute Gasteiger partial charge is 0.255 e. The van der Waals surface area contributed by atoms with Gasteiger partial charge in [-0.05, 0) is 47.9 Å². The molecule has 2 heterocycles. The molecule has 0 spiro atoms. The number of hydrogen-bond donors (Lipinski definition) is 2. The number of anilines is 1. The van der Waals surface area contributed by atoms with Crippen LogP contribution in [0.15, 0.2) is 35.2 Å². The van der Waals surface area contributed by atoms with Gasteiger partial charge >= 0.3 is 0 Å². The number of thiophene rings is 1. The van der Waals surface area contributed by atoms with Crippen molar-refractivity contribution in [2.45, 2.75) is 13.3 Å². The number of rotatable bonds is 6. The van der Waals surface area contributed by atoms with Gasteiger partial charge < -0.3 is 10.6 Å². The number of pyridine rings is 1. The molecule has 2 aromatic rings. The standard InChI is InChI=1S/C14H17N3OS/c1-2-15-13-12(4-3-7-16-13)14(18)17-8-5-11-6-9-19-10-11/h3-4,6-7,9-10H,2,5,8H2,1H3,(H,15,16)(H,17,18). The lowest BCUT2D eigenvalue weighted by molar-refractivity contribution is 0.0954. The quantitative estimate of drug-likeness (QED) is 0.852. The highest BCUT2D eigenvalue weighted by atomic mass is 32.1. The molecule has 0 saturated heterocycles. The Morgan fingerprint density at radius 3 is 3.05 bits per heavy atom. The van der Waals surface area contributed by atoms with E-state index in [0.29, 0.717) is 17.9 Å². The molecule has 0 radical (unpaired) electrons. The van der Waals surface area contributed by atoms with E-state index in [2.05, 4.69) is 27.1 Å². The largest absolute Gasteiger partial charge is 0.370 e. The fourth-order valence-electron chi connectivity index (χ4n) is 1.75. The lowest BCUT2D eigenvalue weighted by Gasteiger charge is -2.09. The van der Waals surface area contributed by atoms with Crippen molar-refractivity contribution in [2.24, 2.45) is 0 Å². The molecule has 0 unspecified atom stereocenters. The second-order valence-corrected chi connectivity index (χ2v) is 4.85. The second kappa shape index (κ2) is 6.89. The molecule has 1 amide bonds. The Labute approximate surface area is 116 Å². The molecule has 0 aliphatic rings. The highest BCUT2D eigenvalue weighted by Crippen LogP contribution is 2.11. The molecule has 4 nitrogen and oxygen atoms in total. The van der Waals surface area contributed by atoms with Gasteiger partial charge in [0, 0.05) is 19.3 Å². The van der Waals surface area contributed by atoms with Crippen molar-refractivity contribution in [1.82, 2.24) is 10.3 Å². The van der Waals surface area contributed by atoms with Crippen LogP contribution >= 0.6 is 11.3 Å². The molecule has 0 aliphatic carbocycles. The molecular formula is C14H17N3OS. The Balaban J connectivity index is 1.92. The minimum atomic E-state index is -0.0840. The fourth-order valence-corrected chi connectivity index (χ4v) is 2.45. The maximum atomic E-state index is 12.1. The van der Waals surface area contributed by atoms with Gasteiger partial charge in [-0.15, -0.1) is 0 Å². The lowest BCUT2D eigenvalue weighted by atomic mass is 10.2. The van der Waals surface area contributed by atoms with Crippen molar-refractivity contribution in [2.75, 3.05) is 18.4 Å². The summed E-state index contributed by atoms with van der Waals surface area (Å²) in [7, 11) is 0. The van der Waals surface area contributed by atoms with E-state index in [0.717, 1.165) is 13.0 Å². The van der Waals surface area contributed by atoms with Crippen LogP contribution in [0.3, 0.4) is 0 Å². The summed E-state index contributed by atoms with van der Waals surface area (Å²) in [5.74, 6) is 0.553. The van der Waals surface area contributed by atoms with Crippen molar-refractivity contribution in [3.05, 3.63) is 46.3 Å². The van der Waals surface area contributed by atoms with Crippen LogP contribution in [0.2, 0.25) is 0 Å². The number of hydrogen-bond acceptors (Lipinski definition) is 4. The molecule has 2 rings (SSSR count). The number of aromatic nitrogens is 1. The van der Waals surface area contributed by atoms with Crippen LogP contribution in [0, 0.1) is 0 Å². The van der Waals surface area contributed by atoms with Gasteiger partial charge in [0.25, 0.3) is 5.91 Å². The maximum Gasteiger partial charge on any atom is 0.255 e. The monoisotopic (exact) mass is 275 g/mol. The Morgan fingerprint density at radius 1 is 1.42 bits per heavy atom. The number of carbonyl (C=O) groups is 1. The molecule has 2 N–H and O–H groups in total. The molecule has 0 fully saturated rings. The summed E-state index contributed by atoms with van der Waals surface area (Å²) in [6.07, 6.45) is 2.53. The summed E-state index contributed by atoms with van der Waals surface area (Å²) in [5.41, 5.74) is 1.85. The van der Waals surface area contributed by atoms with Crippen molar-refractivity contribution >= 4 is 23.1 Å². The molecule has 0 atom stereocenters. The highest BCUT2D eigenvalue weighted by molar-refractivity contribution is 7.07. The van der Waals surface area contributed by atoms with E-state index in [-0.39, 0.29) is 5.91 Å². The van der Waals surface area contributed by atoms with E-state index in [1.54, 1.807) is 29.7 Å². The van der Waals surface area contributed by atoms with E-state index in [1.807, 2.05) is 12.3 Å². The van der Waals surface area contributed by atoms with Crippen LogP contribution in [0.25, 0.3) is 0 Å². The summed E-state index contributed by atoms with van der Waals surface area (Å²) >= 11 is 1.67. The van der Waals surface area contributed by atoms with E-state index >= 15 is 0 Å². The van der Waals surface area contributed by atoms with Crippen LogP contribution in [-0.2, 0) is 6.42 Å². The minimum Gasteiger partial charge on any atom is -0.370 e. The number of amides is 1. The summed E-state index contributed by atoms with van der Waals surface area (Å²) in [6.45, 7) is 3.36. The Kier molecular flexibility index (Phi) is 4.92. The molecule has 100 valence electrons. The zero-order valence-electron chi connectivity index (χ0n) is 10.8. The fraction of sp³-hybridized carbons (Fsp3) is 0.286. The second-order valence-electron chi connectivity index (χ2n) is 4.07. The zero-order chi connectivity index (χ0) is 13.5. The predicted octanol–water partition coefficient (Wildman–Crippen LogP) is 2.55. The highest BCUT2D eigenvalue weighted by Gasteiger charge is 2.10. The van der Waals surface area contributed by atoms with Crippen LogP contribution in [0.4, 0.5) is 5.82 Å². The van der Waals surface area contributed by atoms with Crippen molar-refractivity contribution < 1.29 is 4.79 Å². The topological polar surface area (TPSA) is 54.0 Å². The van der Waals surface area contributed by atoms with Gasteiger partial charge in [0.2, 0.25) is 0 Å². The van der Waals surface area contributed by atoms with Gasteiger partial charge in [-0.2, -0.15) is 11.3 Å². The summed E-state index contributed by atoms with van der Waals surface area (Å²) in [4.78, 5) is 16.3. The normalized spacial score (nSPS) is 10.2. The molecule has 2 aromatic heterocycles. The van der Waals surface area contributed by atoms with Crippen molar-refractivity contribution in [3.8, 4) is 0 Å². The molecule has 0 aromatic carbocycles. The van der Waals surface area contributed by atoms with Crippen LogP contribution in [-0.4, -0.2) is 24.0 Å². The van der Waals surface area contributed by atoms with Gasteiger partial charge in [-0.3, -0.25) is 4.79 Å².